The first-order valence-electron chi connectivity index (χ1n) is 6.73. The zero-order chi connectivity index (χ0) is 17.0. The molecule has 0 unspecified atom stereocenters. The van der Waals surface area contributed by atoms with Crippen molar-refractivity contribution in [2.45, 2.75) is 6.92 Å². The Kier molecular flexibility index (Phi) is 5.41. The molecule has 5 nitrogen and oxygen atoms in total. The number of amides is 1. The number of carbonyl (C=O) groups is 1. The number of hydrogen-bond donors (Lipinski definition) is 2. The van der Waals surface area contributed by atoms with E-state index in [0.29, 0.717) is 22.0 Å². The maximum Gasteiger partial charge on any atom is 0.271 e. The molecule has 1 amide bonds. The van der Waals surface area contributed by atoms with Crippen molar-refractivity contribution in [1.29, 1.82) is 0 Å². The van der Waals surface area contributed by atoms with Crippen molar-refractivity contribution in [2.75, 3.05) is 12.1 Å². The fourth-order valence-corrected chi connectivity index (χ4v) is 2.38. The molecule has 2 aromatic rings. The lowest BCUT2D eigenvalue weighted by atomic mass is 10.2. The fourth-order valence-electron chi connectivity index (χ4n) is 2.02. The third-order valence-electron chi connectivity index (χ3n) is 3.13. The van der Waals surface area contributed by atoms with Gasteiger partial charge in [-0.2, -0.15) is 0 Å². The van der Waals surface area contributed by atoms with Gasteiger partial charge in [-0.05, 0) is 49.0 Å². The number of nitrogens with one attached hydrogen (secondary N) is 1. The van der Waals surface area contributed by atoms with Crippen LogP contribution in [0.1, 0.15) is 15.9 Å². The molecule has 0 aliphatic heterocycles. The van der Waals surface area contributed by atoms with Gasteiger partial charge in [0.2, 0.25) is 0 Å². The third-order valence-corrected chi connectivity index (χ3v) is 3.64. The van der Waals surface area contributed by atoms with E-state index in [1.54, 1.807) is 30.3 Å². The molecule has 7 heteroatoms. The number of halogens is 1. The van der Waals surface area contributed by atoms with E-state index in [9.17, 15) is 4.79 Å². The normalized spacial score (nSPS) is 10.0. The van der Waals surface area contributed by atoms with E-state index in [4.69, 9.17) is 34.3 Å². The Balaban J connectivity index is 2.37. The molecule has 3 N–H and O–H groups in total. The van der Waals surface area contributed by atoms with Gasteiger partial charge in [0, 0.05) is 0 Å². The van der Waals surface area contributed by atoms with Gasteiger partial charge < -0.3 is 10.5 Å². The molecule has 0 saturated carbocycles. The minimum atomic E-state index is -0.424. The van der Waals surface area contributed by atoms with Crippen molar-refractivity contribution in [3.05, 3.63) is 58.6 Å². The third kappa shape index (κ3) is 3.91. The van der Waals surface area contributed by atoms with Crippen LogP contribution in [-0.4, -0.2) is 18.1 Å². The predicted octanol–water partition coefficient (Wildman–Crippen LogP) is 3.05. The second kappa shape index (κ2) is 7.30. The summed E-state index contributed by atoms with van der Waals surface area (Å²) in [7, 11) is 1.53. The van der Waals surface area contributed by atoms with E-state index < -0.39 is 5.91 Å². The fraction of sp³-hybridized carbons (Fsp3) is 0.125. The van der Waals surface area contributed by atoms with Crippen LogP contribution in [0, 0.1) is 6.92 Å². The van der Waals surface area contributed by atoms with Gasteiger partial charge in [0.05, 0.1) is 17.7 Å². The molecular formula is C16H16ClN3O2S. The SMILES string of the molecule is COc1ccc(C)cc1N(NC(=O)c1ccccc1Cl)C(N)=S. The number of aryl methyl sites for hydroxylation is 1. The van der Waals surface area contributed by atoms with Crippen molar-refractivity contribution in [3.63, 3.8) is 0 Å². The van der Waals surface area contributed by atoms with Gasteiger partial charge in [-0.15, -0.1) is 0 Å². The summed E-state index contributed by atoms with van der Waals surface area (Å²) in [5.74, 6) is 0.106. The lowest BCUT2D eigenvalue weighted by Gasteiger charge is -2.25. The first-order valence-corrected chi connectivity index (χ1v) is 7.52. The minimum absolute atomic E-state index is 0.0192. The summed E-state index contributed by atoms with van der Waals surface area (Å²) in [6.07, 6.45) is 0. The molecule has 0 heterocycles. The van der Waals surface area contributed by atoms with Crippen LogP contribution in [0.15, 0.2) is 42.5 Å². The summed E-state index contributed by atoms with van der Waals surface area (Å²) in [5.41, 5.74) is 10.2. The number of nitrogens with zero attached hydrogens (tertiary/aromatic N) is 1. The molecule has 0 aliphatic carbocycles. The maximum atomic E-state index is 12.4. The number of anilines is 1. The average Bonchev–Trinajstić information content (AvgIpc) is 2.52. The van der Waals surface area contributed by atoms with E-state index in [1.807, 2.05) is 19.1 Å². The quantitative estimate of drug-likeness (QED) is 0.658. The molecule has 0 radical (unpaired) electrons. The van der Waals surface area contributed by atoms with Gasteiger partial charge >= 0.3 is 0 Å². The molecule has 0 atom stereocenters. The molecule has 0 bridgehead atoms. The molecule has 23 heavy (non-hydrogen) atoms. The summed E-state index contributed by atoms with van der Waals surface area (Å²) >= 11 is 11.1. The Hall–Kier alpha value is -2.31. The highest BCUT2D eigenvalue weighted by molar-refractivity contribution is 7.80. The number of hydrazine groups is 1. The highest BCUT2D eigenvalue weighted by atomic mass is 35.5. The van der Waals surface area contributed by atoms with Crippen LogP contribution in [0.3, 0.4) is 0 Å². The number of thiocarbonyl (C=S) groups is 1. The summed E-state index contributed by atoms with van der Waals surface area (Å²) in [4.78, 5) is 12.4. The van der Waals surface area contributed by atoms with Crippen molar-refractivity contribution < 1.29 is 9.53 Å². The number of ether oxygens (including phenoxy) is 1. The minimum Gasteiger partial charge on any atom is -0.494 e. The van der Waals surface area contributed by atoms with Gasteiger partial charge in [-0.1, -0.05) is 29.8 Å². The highest BCUT2D eigenvalue weighted by Crippen LogP contribution is 2.28. The molecule has 2 aromatic carbocycles. The van der Waals surface area contributed by atoms with Gasteiger partial charge in [-0.3, -0.25) is 10.2 Å². The monoisotopic (exact) mass is 349 g/mol. The van der Waals surface area contributed by atoms with Crippen molar-refractivity contribution in [2.24, 2.45) is 5.73 Å². The van der Waals surface area contributed by atoms with Gasteiger partial charge in [-0.25, -0.2) is 5.01 Å². The molecule has 0 aliphatic rings. The largest absolute Gasteiger partial charge is 0.494 e. The topological polar surface area (TPSA) is 67.6 Å². The Morgan fingerprint density at radius 1 is 1.30 bits per heavy atom. The smallest absolute Gasteiger partial charge is 0.271 e. The first kappa shape index (κ1) is 17.1. The maximum absolute atomic E-state index is 12.4. The van der Waals surface area contributed by atoms with Crippen molar-refractivity contribution in [1.82, 2.24) is 5.43 Å². The number of benzene rings is 2. The van der Waals surface area contributed by atoms with Crippen LogP contribution in [0.5, 0.6) is 5.75 Å². The molecule has 0 fully saturated rings. The number of methoxy groups -OCH3 is 1. The van der Waals surface area contributed by atoms with Crippen molar-refractivity contribution in [3.8, 4) is 5.75 Å². The van der Waals surface area contributed by atoms with Crippen LogP contribution in [-0.2, 0) is 0 Å². The van der Waals surface area contributed by atoms with Crippen LogP contribution < -0.4 is 20.9 Å². The number of rotatable bonds is 3. The molecule has 120 valence electrons. The Morgan fingerprint density at radius 2 is 2.00 bits per heavy atom. The molecule has 2 rings (SSSR count). The highest BCUT2D eigenvalue weighted by Gasteiger charge is 2.19. The Bertz CT molecular complexity index is 752. The average molecular weight is 350 g/mol. The van der Waals surface area contributed by atoms with Gasteiger partial charge in [0.1, 0.15) is 11.4 Å². The van der Waals surface area contributed by atoms with E-state index in [1.165, 1.54) is 12.1 Å². The van der Waals surface area contributed by atoms with Crippen LogP contribution in [0.4, 0.5) is 5.69 Å². The molecule has 0 aromatic heterocycles. The Morgan fingerprint density at radius 3 is 2.61 bits per heavy atom. The standard InChI is InChI=1S/C16H16ClN3O2S/c1-10-7-8-14(22-2)13(9-10)20(16(18)23)19-15(21)11-5-3-4-6-12(11)17/h3-9H,1-2H3,(H2,18,23)(H,19,21). The predicted molar refractivity (Wildman–Crippen MR) is 95.9 cm³/mol. The van der Waals surface area contributed by atoms with E-state index >= 15 is 0 Å². The number of hydrogen-bond acceptors (Lipinski definition) is 3. The lowest BCUT2D eigenvalue weighted by Crippen LogP contribution is -2.49. The van der Waals surface area contributed by atoms with Gasteiger partial charge in [0.25, 0.3) is 5.91 Å². The number of carbonyl (C=O) groups excluding carboxylic acids is 1. The summed E-state index contributed by atoms with van der Waals surface area (Å²) in [5, 5.41) is 1.62. The number of nitrogens with two attached hydrogens (primary N) is 1. The Labute approximate surface area is 145 Å². The molecular weight excluding hydrogens is 334 g/mol. The molecule has 0 spiro atoms. The van der Waals surface area contributed by atoms with E-state index in [0.717, 1.165) is 5.56 Å². The second-order valence-corrected chi connectivity index (χ2v) is 5.60. The zero-order valence-corrected chi connectivity index (χ0v) is 14.2. The zero-order valence-electron chi connectivity index (χ0n) is 12.7. The van der Waals surface area contributed by atoms with Crippen LogP contribution >= 0.6 is 23.8 Å². The van der Waals surface area contributed by atoms with Crippen LogP contribution in [0.2, 0.25) is 5.02 Å². The van der Waals surface area contributed by atoms with E-state index in [-0.39, 0.29) is 5.11 Å². The van der Waals surface area contributed by atoms with E-state index in [2.05, 4.69) is 5.43 Å². The summed E-state index contributed by atoms with van der Waals surface area (Å²) in [6, 6.07) is 12.2. The lowest BCUT2D eigenvalue weighted by molar-refractivity contribution is 0.0955. The first-order chi connectivity index (χ1) is 10.9. The van der Waals surface area contributed by atoms with Gasteiger partial charge in [0.15, 0.2) is 5.11 Å². The summed E-state index contributed by atoms with van der Waals surface area (Å²) < 4.78 is 5.31. The van der Waals surface area contributed by atoms with Crippen LogP contribution in [0.25, 0.3) is 0 Å². The molecule has 0 saturated heterocycles. The van der Waals surface area contributed by atoms with Crippen molar-refractivity contribution >= 4 is 40.5 Å². The second-order valence-electron chi connectivity index (χ2n) is 4.77. The summed E-state index contributed by atoms with van der Waals surface area (Å²) in [6.45, 7) is 1.91.